The van der Waals surface area contributed by atoms with E-state index in [0.29, 0.717) is 30.6 Å². The molecule has 0 saturated carbocycles. The molecule has 1 amide bonds. The maximum absolute atomic E-state index is 12.0. The number of aliphatic hydroxyl groups is 1. The summed E-state index contributed by atoms with van der Waals surface area (Å²) in [5.74, 6) is 1.89. The molecule has 3 rings (SSSR count). The van der Waals surface area contributed by atoms with Gasteiger partial charge in [0.2, 0.25) is 11.7 Å². The zero-order chi connectivity index (χ0) is 25.5. The zero-order valence-electron chi connectivity index (χ0n) is 21.7. The average molecular weight is 480 g/mol. The number of carbonyl (C=O) groups excluding carboxylic acids is 1. The zero-order valence-corrected chi connectivity index (χ0v) is 21.7. The Bertz CT molecular complexity index is 1160. The maximum atomic E-state index is 12.0. The fourth-order valence-corrected chi connectivity index (χ4v) is 4.12. The van der Waals surface area contributed by atoms with Crippen molar-refractivity contribution in [3.05, 3.63) is 46.6 Å². The van der Waals surface area contributed by atoms with Crippen LogP contribution < -0.4 is 10.2 Å². The minimum absolute atomic E-state index is 0.0542. The second kappa shape index (κ2) is 11.9. The van der Waals surface area contributed by atoms with Gasteiger partial charge in [0, 0.05) is 37.8 Å². The molecule has 2 heterocycles. The number of nitrogens with zero attached hydrogens (tertiary/aromatic N) is 4. The van der Waals surface area contributed by atoms with E-state index in [4.69, 9.17) is 9.63 Å². The van der Waals surface area contributed by atoms with Crippen LogP contribution in [0.15, 0.2) is 28.9 Å². The van der Waals surface area contributed by atoms with Crippen LogP contribution in [0.1, 0.15) is 56.4 Å². The van der Waals surface area contributed by atoms with Gasteiger partial charge >= 0.3 is 0 Å². The SMILES string of the molecule is CCc1cc(-c2nc(-c3cc(C)c(CCC(=O)NCCO)c(CC)c3)no2)cnc1N(C)C(C)C. The van der Waals surface area contributed by atoms with Gasteiger partial charge in [0.15, 0.2) is 0 Å². The number of hydrogen-bond acceptors (Lipinski definition) is 7. The molecule has 35 heavy (non-hydrogen) atoms. The van der Waals surface area contributed by atoms with Gasteiger partial charge in [-0.1, -0.05) is 19.0 Å². The van der Waals surface area contributed by atoms with E-state index in [1.54, 1.807) is 6.20 Å². The number of nitrogens with one attached hydrogen (secondary N) is 1. The van der Waals surface area contributed by atoms with Gasteiger partial charge in [-0.2, -0.15) is 4.98 Å². The van der Waals surface area contributed by atoms with E-state index in [1.165, 1.54) is 5.56 Å². The lowest BCUT2D eigenvalue weighted by Crippen LogP contribution is -2.27. The third-order valence-corrected chi connectivity index (χ3v) is 6.35. The summed E-state index contributed by atoms with van der Waals surface area (Å²) in [6.07, 6.45) is 4.51. The van der Waals surface area contributed by atoms with Gasteiger partial charge in [-0.3, -0.25) is 4.79 Å². The normalized spacial score (nSPS) is 11.2. The lowest BCUT2D eigenvalue weighted by atomic mass is 9.93. The number of rotatable bonds is 11. The minimum atomic E-state index is -0.0574. The van der Waals surface area contributed by atoms with E-state index >= 15 is 0 Å². The van der Waals surface area contributed by atoms with Crippen LogP contribution in [0.3, 0.4) is 0 Å². The summed E-state index contributed by atoms with van der Waals surface area (Å²) in [7, 11) is 2.05. The predicted molar refractivity (Wildman–Crippen MR) is 138 cm³/mol. The molecule has 0 atom stereocenters. The molecule has 0 spiro atoms. The van der Waals surface area contributed by atoms with Gasteiger partial charge in [0.1, 0.15) is 5.82 Å². The number of amides is 1. The van der Waals surface area contributed by atoms with E-state index in [9.17, 15) is 4.79 Å². The molecule has 3 aromatic rings. The van der Waals surface area contributed by atoms with Crippen LogP contribution in [-0.2, 0) is 24.1 Å². The van der Waals surface area contributed by atoms with Crippen LogP contribution in [-0.4, -0.2) is 52.4 Å². The molecule has 0 aliphatic rings. The van der Waals surface area contributed by atoms with Crippen LogP contribution in [0.2, 0.25) is 0 Å². The Morgan fingerprint density at radius 1 is 1.14 bits per heavy atom. The molecule has 188 valence electrons. The molecule has 0 fully saturated rings. The van der Waals surface area contributed by atoms with E-state index < -0.39 is 0 Å². The Kier molecular flexibility index (Phi) is 8.98. The summed E-state index contributed by atoms with van der Waals surface area (Å²) in [6.45, 7) is 10.8. The van der Waals surface area contributed by atoms with Crippen molar-refractivity contribution in [2.75, 3.05) is 25.1 Å². The van der Waals surface area contributed by atoms with Crippen molar-refractivity contribution < 1.29 is 14.4 Å². The summed E-state index contributed by atoms with van der Waals surface area (Å²) in [4.78, 5) is 23.5. The number of hydrogen-bond donors (Lipinski definition) is 2. The monoisotopic (exact) mass is 479 g/mol. The number of pyridine rings is 1. The smallest absolute Gasteiger partial charge is 0.259 e. The highest BCUT2D eigenvalue weighted by Gasteiger charge is 2.18. The lowest BCUT2D eigenvalue weighted by Gasteiger charge is -2.25. The molecule has 1 aromatic carbocycles. The van der Waals surface area contributed by atoms with Gasteiger partial charge in [-0.05, 0) is 80.5 Å². The van der Waals surface area contributed by atoms with Crippen LogP contribution in [0.25, 0.3) is 22.8 Å². The third-order valence-electron chi connectivity index (χ3n) is 6.35. The van der Waals surface area contributed by atoms with Crippen molar-refractivity contribution in [1.82, 2.24) is 20.4 Å². The second-order valence-electron chi connectivity index (χ2n) is 9.05. The average Bonchev–Trinajstić information content (AvgIpc) is 3.35. The van der Waals surface area contributed by atoms with E-state index in [0.717, 1.165) is 46.5 Å². The fraction of sp³-hybridized carbons (Fsp3) is 0.481. The quantitative estimate of drug-likeness (QED) is 0.426. The van der Waals surface area contributed by atoms with E-state index in [-0.39, 0.29) is 19.1 Å². The summed E-state index contributed by atoms with van der Waals surface area (Å²) in [5, 5.41) is 15.8. The second-order valence-corrected chi connectivity index (χ2v) is 9.05. The molecule has 0 aliphatic carbocycles. The Labute approximate surface area is 207 Å². The van der Waals surface area contributed by atoms with Crippen molar-refractivity contribution >= 4 is 11.7 Å². The Hall–Kier alpha value is -3.26. The van der Waals surface area contributed by atoms with Crippen LogP contribution >= 0.6 is 0 Å². The summed E-state index contributed by atoms with van der Waals surface area (Å²) >= 11 is 0. The topological polar surface area (TPSA) is 104 Å². The van der Waals surface area contributed by atoms with Crippen molar-refractivity contribution in [2.45, 2.75) is 66.3 Å². The van der Waals surface area contributed by atoms with Crippen LogP contribution in [0.4, 0.5) is 5.82 Å². The van der Waals surface area contributed by atoms with Crippen molar-refractivity contribution in [1.29, 1.82) is 0 Å². The molecule has 0 radical (unpaired) electrons. The number of benzene rings is 1. The maximum Gasteiger partial charge on any atom is 0.259 e. The van der Waals surface area contributed by atoms with Crippen molar-refractivity contribution in [3.8, 4) is 22.8 Å². The molecular formula is C27H37N5O3. The highest BCUT2D eigenvalue weighted by Crippen LogP contribution is 2.29. The van der Waals surface area contributed by atoms with E-state index in [1.807, 2.05) is 13.0 Å². The predicted octanol–water partition coefficient (Wildman–Crippen LogP) is 4.12. The first-order valence-corrected chi connectivity index (χ1v) is 12.3. The first-order chi connectivity index (χ1) is 16.8. The molecular weight excluding hydrogens is 442 g/mol. The molecule has 2 aromatic heterocycles. The standard InChI is InChI=1S/C27H37N5O3/c1-7-19-14-21(13-18(5)23(19)9-10-24(34)28-11-12-33)25-30-27(35-31-25)22-15-20(8-2)26(29-16-22)32(6)17(3)4/h13-17,33H,7-12H2,1-6H3,(H,28,34). The number of aryl methyl sites for hydroxylation is 3. The Morgan fingerprint density at radius 3 is 2.51 bits per heavy atom. The van der Waals surface area contributed by atoms with Gasteiger partial charge in [-0.15, -0.1) is 0 Å². The van der Waals surface area contributed by atoms with E-state index in [2.05, 4.69) is 72.2 Å². The molecule has 8 heteroatoms. The first kappa shape index (κ1) is 26.3. The molecule has 2 N–H and O–H groups in total. The molecule has 0 aliphatic heterocycles. The number of carbonyl (C=O) groups is 1. The Morgan fingerprint density at radius 2 is 1.86 bits per heavy atom. The number of aromatic nitrogens is 3. The molecule has 8 nitrogen and oxygen atoms in total. The largest absolute Gasteiger partial charge is 0.395 e. The van der Waals surface area contributed by atoms with Crippen LogP contribution in [0.5, 0.6) is 0 Å². The van der Waals surface area contributed by atoms with Crippen molar-refractivity contribution in [3.63, 3.8) is 0 Å². The van der Waals surface area contributed by atoms with Gasteiger partial charge in [-0.25, -0.2) is 4.98 Å². The fourth-order valence-electron chi connectivity index (χ4n) is 4.12. The van der Waals surface area contributed by atoms with Crippen molar-refractivity contribution in [2.24, 2.45) is 0 Å². The van der Waals surface area contributed by atoms with Gasteiger partial charge in [0.25, 0.3) is 5.89 Å². The lowest BCUT2D eigenvalue weighted by molar-refractivity contribution is -0.121. The number of anilines is 1. The van der Waals surface area contributed by atoms with Gasteiger partial charge in [0.05, 0.1) is 12.2 Å². The highest BCUT2D eigenvalue weighted by atomic mass is 16.5. The summed E-state index contributed by atoms with van der Waals surface area (Å²) < 4.78 is 5.62. The first-order valence-electron chi connectivity index (χ1n) is 12.3. The summed E-state index contributed by atoms with van der Waals surface area (Å²) in [5.41, 5.74) is 6.26. The Balaban J connectivity index is 1.85. The minimum Gasteiger partial charge on any atom is -0.395 e. The number of aliphatic hydroxyl groups excluding tert-OH is 1. The molecule has 0 bridgehead atoms. The summed E-state index contributed by atoms with van der Waals surface area (Å²) in [6, 6.07) is 6.55. The van der Waals surface area contributed by atoms with Crippen LogP contribution in [0, 0.1) is 6.92 Å². The molecule has 0 unspecified atom stereocenters. The highest BCUT2D eigenvalue weighted by molar-refractivity contribution is 5.76. The third kappa shape index (κ3) is 6.25. The molecule has 0 saturated heterocycles. The van der Waals surface area contributed by atoms with Gasteiger partial charge < -0.3 is 19.8 Å².